The molecule has 5 heterocycles. The Kier molecular flexibility index (Phi) is 7.86. The molecule has 4 aromatic heterocycles. The lowest BCUT2D eigenvalue weighted by Crippen LogP contribution is -2.32. The Morgan fingerprint density at radius 2 is 1.23 bits per heavy atom. The van der Waals surface area contributed by atoms with E-state index in [2.05, 4.69) is 15.3 Å². The first-order chi connectivity index (χ1) is 25.2. The summed E-state index contributed by atoms with van der Waals surface area (Å²) in [5, 5.41) is 31.5. The van der Waals surface area contributed by atoms with Crippen molar-refractivity contribution in [2.24, 2.45) is 11.8 Å². The van der Waals surface area contributed by atoms with Crippen LogP contribution < -0.4 is 21.1 Å². The molecule has 2 aliphatic rings. The van der Waals surface area contributed by atoms with Crippen LogP contribution in [-0.4, -0.2) is 59.5 Å². The molecule has 1 saturated heterocycles. The number of fused-ring (bicyclic) bond motifs is 3. The van der Waals surface area contributed by atoms with Crippen LogP contribution in [0.3, 0.4) is 0 Å². The predicted octanol–water partition coefficient (Wildman–Crippen LogP) is 3.96. The van der Waals surface area contributed by atoms with Gasteiger partial charge in [-0.15, -0.1) is 0 Å². The summed E-state index contributed by atoms with van der Waals surface area (Å²) in [6, 6.07) is 5.24. The minimum atomic E-state index is -2.40. The van der Waals surface area contributed by atoms with E-state index in [1.165, 1.54) is 0 Å². The van der Waals surface area contributed by atoms with Gasteiger partial charge in [0.2, 0.25) is 5.43 Å². The van der Waals surface area contributed by atoms with Gasteiger partial charge < -0.3 is 25.5 Å². The molecule has 1 aliphatic carbocycles. The van der Waals surface area contributed by atoms with Crippen molar-refractivity contribution < 1.29 is 46.5 Å². The average molecular weight is 737 g/mol. The van der Waals surface area contributed by atoms with Crippen LogP contribution >= 0.6 is 0 Å². The maximum Gasteiger partial charge on any atom is 0.341 e. The van der Waals surface area contributed by atoms with E-state index in [9.17, 15) is 38.5 Å². The zero-order valence-electron chi connectivity index (χ0n) is 26.6. The normalized spacial score (nSPS) is 17.9. The van der Waals surface area contributed by atoms with Gasteiger partial charge in [0.15, 0.2) is 46.3 Å². The molecule has 2 fully saturated rings. The monoisotopic (exact) mass is 736 g/mol. The van der Waals surface area contributed by atoms with Gasteiger partial charge in [0, 0.05) is 43.7 Å². The van der Waals surface area contributed by atoms with Crippen LogP contribution in [0.4, 0.5) is 38.0 Å². The van der Waals surface area contributed by atoms with Crippen molar-refractivity contribution in [3.05, 3.63) is 127 Å². The summed E-state index contributed by atoms with van der Waals surface area (Å²) < 4.78 is 92.6. The second-order valence-electron chi connectivity index (χ2n) is 12.6. The van der Waals surface area contributed by atoms with E-state index in [1.807, 2.05) is 0 Å². The number of nitrogens with one attached hydrogen (secondary N) is 1. The van der Waals surface area contributed by atoms with Crippen LogP contribution in [0.1, 0.15) is 22.2 Å². The lowest BCUT2D eigenvalue weighted by atomic mass is 10.1. The van der Waals surface area contributed by atoms with Gasteiger partial charge >= 0.3 is 5.97 Å². The quantitative estimate of drug-likeness (QED) is 0.140. The highest BCUT2D eigenvalue weighted by Crippen LogP contribution is 2.50. The zero-order valence-corrected chi connectivity index (χ0v) is 26.6. The summed E-state index contributed by atoms with van der Waals surface area (Å²) in [7, 11) is 0. The molecule has 8 rings (SSSR count). The Morgan fingerprint density at radius 3 is 1.70 bits per heavy atom. The number of aromatic nitrogens is 4. The number of pyridine rings is 4. The predicted molar refractivity (Wildman–Crippen MR) is 174 cm³/mol. The fraction of sp³-hybridized carbons (Fsp3) is 0.171. The molecule has 2 aromatic carbocycles. The first-order valence-corrected chi connectivity index (χ1v) is 15.8. The van der Waals surface area contributed by atoms with Crippen LogP contribution in [-0.2, 0) is 0 Å². The number of piperidine rings is 1. The van der Waals surface area contributed by atoms with Crippen molar-refractivity contribution in [2.75, 3.05) is 18.0 Å². The number of carboxylic acids is 1. The number of carbonyl (C=O) groups is 1. The maximum atomic E-state index is 16.4. The maximum absolute atomic E-state index is 16.4. The molecular formula is C35H22F6N6O6. The van der Waals surface area contributed by atoms with Crippen LogP contribution in [0.2, 0.25) is 0 Å². The Hall–Kier alpha value is -6.11. The molecule has 18 heteroatoms. The molecule has 1 aliphatic heterocycles. The van der Waals surface area contributed by atoms with Gasteiger partial charge in [-0.2, -0.15) is 0 Å². The number of aliphatic hydroxyl groups excluding tert-OH is 1. The first-order valence-electron chi connectivity index (χ1n) is 15.8. The number of hydrogen-bond donors (Lipinski definition) is 4. The van der Waals surface area contributed by atoms with E-state index < -0.39 is 120 Å². The van der Waals surface area contributed by atoms with E-state index in [-0.39, 0.29) is 11.8 Å². The van der Waals surface area contributed by atoms with Crippen molar-refractivity contribution in [1.29, 1.82) is 0 Å². The van der Waals surface area contributed by atoms with E-state index in [4.69, 9.17) is 0 Å². The number of hydrogen-bond acceptors (Lipinski definition) is 9. The van der Waals surface area contributed by atoms with E-state index in [0.717, 1.165) is 50.7 Å². The largest absolute Gasteiger partial charge is 0.477 e. The second kappa shape index (κ2) is 12.2. The molecule has 2 unspecified atom stereocenters. The molecule has 2 atom stereocenters. The highest BCUT2D eigenvalue weighted by Gasteiger charge is 2.58. The SMILES string of the molecule is O=C(O)c1cn(-c2ccc(F)cc2F)c2nc(N(c3nc4c(cc3F)c(=O)c(C(O)O)cn4-c3ccc(F)cc3F)C3C4CNCC43)c(F)cc2c1=O. The summed E-state index contributed by atoms with van der Waals surface area (Å²) in [6.07, 6.45) is -0.846. The lowest BCUT2D eigenvalue weighted by Gasteiger charge is -2.27. The highest BCUT2D eigenvalue weighted by molar-refractivity contribution is 5.93. The zero-order chi connectivity index (χ0) is 37.6. The molecule has 0 spiro atoms. The Morgan fingerprint density at radius 1 is 0.736 bits per heavy atom. The molecule has 0 bridgehead atoms. The van der Waals surface area contributed by atoms with Crippen molar-refractivity contribution in [2.45, 2.75) is 12.3 Å². The van der Waals surface area contributed by atoms with Crippen LogP contribution in [0, 0.1) is 46.7 Å². The molecule has 6 aromatic rings. The molecule has 12 nitrogen and oxygen atoms in total. The molecule has 0 radical (unpaired) electrons. The van der Waals surface area contributed by atoms with Crippen molar-refractivity contribution in [3.8, 4) is 11.4 Å². The lowest BCUT2D eigenvalue weighted by molar-refractivity contribution is -0.0434. The molecule has 4 N–H and O–H groups in total. The van der Waals surface area contributed by atoms with Gasteiger partial charge in [0.05, 0.1) is 27.7 Å². The standard InChI is InChI=1S/C35H22F6N6O6/c36-13-1-3-25(21(38)5-13)45-11-19(34(50)51)28(48)15-7-23(40)32(43-30(15)45)47(27-17-9-42-10-18(17)27)33-24(41)8-16-29(49)20(35(52)53)12-46(31(16)44-33)26-4-2-14(37)6-22(26)39/h1-8,11-12,17-18,27,34,42,50-51H,9-10H2,(H,52,53). The number of anilines is 2. The Balaban J connectivity index is 1.43. The third-order valence-electron chi connectivity index (χ3n) is 9.50. The smallest absolute Gasteiger partial charge is 0.341 e. The summed E-state index contributed by atoms with van der Waals surface area (Å²) in [4.78, 5) is 48.3. The third-order valence-corrected chi connectivity index (χ3v) is 9.50. The average Bonchev–Trinajstić information content (AvgIpc) is 3.53. The minimum Gasteiger partial charge on any atom is -0.477 e. The third kappa shape index (κ3) is 5.40. The molecule has 53 heavy (non-hydrogen) atoms. The van der Waals surface area contributed by atoms with Gasteiger partial charge in [-0.1, -0.05) is 0 Å². The summed E-state index contributed by atoms with van der Waals surface area (Å²) in [5.74, 6) is -10.3. The number of aliphatic hydroxyl groups is 2. The van der Waals surface area contributed by atoms with Gasteiger partial charge in [0.25, 0.3) is 0 Å². The minimum absolute atomic E-state index is 0.237. The Labute approximate surface area is 291 Å². The number of halogens is 6. The summed E-state index contributed by atoms with van der Waals surface area (Å²) in [5.41, 5.74) is -5.75. The number of benzene rings is 2. The molecule has 270 valence electrons. The highest BCUT2D eigenvalue weighted by atomic mass is 19.2. The van der Waals surface area contributed by atoms with Crippen LogP contribution in [0.25, 0.3) is 33.4 Å². The molecule has 0 amide bonds. The van der Waals surface area contributed by atoms with Crippen molar-refractivity contribution in [1.82, 2.24) is 24.4 Å². The van der Waals surface area contributed by atoms with Crippen molar-refractivity contribution >= 4 is 39.7 Å². The summed E-state index contributed by atoms with van der Waals surface area (Å²) >= 11 is 0. The van der Waals surface area contributed by atoms with Gasteiger partial charge in [-0.25, -0.2) is 41.1 Å². The summed E-state index contributed by atoms with van der Waals surface area (Å²) in [6.45, 7) is 0.792. The number of nitrogens with zero attached hydrogens (tertiary/aromatic N) is 5. The Bertz CT molecular complexity index is 2680. The van der Waals surface area contributed by atoms with Gasteiger partial charge in [-0.05, 0) is 48.2 Å². The van der Waals surface area contributed by atoms with Gasteiger partial charge in [-0.3, -0.25) is 18.7 Å². The number of carboxylic acid groups (broad SMARTS) is 1. The molecule has 1 saturated carbocycles. The topological polar surface area (TPSA) is 163 Å². The van der Waals surface area contributed by atoms with E-state index >= 15 is 17.6 Å². The van der Waals surface area contributed by atoms with Crippen molar-refractivity contribution in [3.63, 3.8) is 0 Å². The fourth-order valence-corrected chi connectivity index (χ4v) is 7.00. The first kappa shape index (κ1) is 34.0. The molecular weight excluding hydrogens is 714 g/mol. The van der Waals surface area contributed by atoms with E-state index in [1.54, 1.807) is 0 Å². The number of rotatable bonds is 7. The fourth-order valence-electron chi connectivity index (χ4n) is 7.00. The van der Waals surface area contributed by atoms with Crippen LogP contribution in [0.5, 0.6) is 0 Å². The second-order valence-corrected chi connectivity index (χ2v) is 12.6. The van der Waals surface area contributed by atoms with E-state index in [0.29, 0.717) is 37.4 Å². The van der Waals surface area contributed by atoms with Crippen LogP contribution in [0.15, 0.2) is 70.5 Å². The van der Waals surface area contributed by atoms with Gasteiger partial charge in [0.1, 0.15) is 28.8 Å². The number of aromatic carboxylic acids is 1.